The smallest absolute Gasteiger partial charge is 0.0236 e. The molecule has 0 bridgehead atoms. The molecule has 0 radical (unpaired) electrons. The zero-order valence-electron chi connectivity index (χ0n) is 10.7. The van der Waals surface area contributed by atoms with E-state index in [1.54, 1.807) is 0 Å². The summed E-state index contributed by atoms with van der Waals surface area (Å²) in [4.78, 5) is 2.47. The lowest BCUT2D eigenvalue weighted by molar-refractivity contribution is 0.248. The first kappa shape index (κ1) is 13.2. The molecule has 0 heterocycles. The van der Waals surface area contributed by atoms with Crippen LogP contribution >= 0.6 is 0 Å². The van der Waals surface area contributed by atoms with Crippen molar-refractivity contribution < 1.29 is 0 Å². The van der Waals surface area contributed by atoms with Crippen molar-refractivity contribution in [3.05, 3.63) is 35.4 Å². The van der Waals surface area contributed by atoms with Gasteiger partial charge in [-0.2, -0.15) is 0 Å². The molecule has 0 spiro atoms. The van der Waals surface area contributed by atoms with Gasteiger partial charge in [-0.05, 0) is 23.6 Å². The highest BCUT2D eigenvalue weighted by Gasteiger charge is 2.08. The molecule has 0 aliphatic carbocycles. The quantitative estimate of drug-likeness (QED) is 0.798. The average molecular weight is 220 g/mol. The fraction of sp³-hybridized carbons (Fsp3) is 0.571. The van der Waals surface area contributed by atoms with Gasteiger partial charge in [-0.1, -0.05) is 45.0 Å². The maximum Gasteiger partial charge on any atom is 0.0236 e. The van der Waals surface area contributed by atoms with Gasteiger partial charge in [0.15, 0.2) is 0 Å². The minimum atomic E-state index is 0.634. The van der Waals surface area contributed by atoms with Crippen molar-refractivity contribution in [1.29, 1.82) is 0 Å². The van der Waals surface area contributed by atoms with Crippen LogP contribution in [0.2, 0.25) is 0 Å². The SMILES string of the molecule is CCN(Cc1ccccc1CN)CC(C)C. The zero-order valence-corrected chi connectivity index (χ0v) is 10.7. The van der Waals surface area contributed by atoms with Crippen molar-refractivity contribution in [3.8, 4) is 0 Å². The summed E-state index contributed by atoms with van der Waals surface area (Å²) in [5.41, 5.74) is 8.39. The van der Waals surface area contributed by atoms with Gasteiger partial charge in [-0.25, -0.2) is 0 Å². The molecule has 0 saturated carbocycles. The molecule has 2 heteroatoms. The molecule has 0 saturated heterocycles. The molecule has 0 aliphatic heterocycles. The Labute approximate surface area is 99.5 Å². The first-order chi connectivity index (χ1) is 7.67. The van der Waals surface area contributed by atoms with Gasteiger partial charge in [0.25, 0.3) is 0 Å². The summed E-state index contributed by atoms with van der Waals surface area (Å²) in [5, 5.41) is 0. The number of hydrogen-bond acceptors (Lipinski definition) is 2. The Morgan fingerprint density at radius 2 is 1.81 bits per heavy atom. The monoisotopic (exact) mass is 220 g/mol. The highest BCUT2D eigenvalue weighted by atomic mass is 15.1. The number of hydrogen-bond donors (Lipinski definition) is 1. The molecule has 1 rings (SSSR count). The Morgan fingerprint density at radius 3 is 2.31 bits per heavy atom. The Hall–Kier alpha value is -0.860. The van der Waals surface area contributed by atoms with Gasteiger partial charge in [-0.3, -0.25) is 4.90 Å². The van der Waals surface area contributed by atoms with Gasteiger partial charge in [0, 0.05) is 19.6 Å². The van der Waals surface area contributed by atoms with Crippen LogP contribution in [0.4, 0.5) is 0 Å². The number of nitrogens with two attached hydrogens (primary N) is 1. The predicted molar refractivity (Wildman–Crippen MR) is 70.1 cm³/mol. The third kappa shape index (κ3) is 3.95. The Bertz CT molecular complexity index is 307. The maximum absolute atomic E-state index is 5.75. The maximum atomic E-state index is 5.75. The lowest BCUT2D eigenvalue weighted by Crippen LogP contribution is -2.27. The van der Waals surface area contributed by atoms with Crippen LogP contribution in [0.3, 0.4) is 0 Å². The van der Waals surface area contributed by atoms with E-state index in [2.05, 4.69) is 49.9 Å². The van der Waals surface area contributed by atoms with Crippen LogP contribution in [0.25, 0.3) is 0 Å². The van der Waals surface area contributed by atoms with Gasteiger partial charge in [0.2, 0.25) is 0 Å². The van der Waals surface area contributed by atoms with E-state index < -0.39 is 0 Å². The molecular weight excluding hydrogens is 196 g/mol. The van der Waals surface area contributed by atoms with Crippen molar-refractivity contribution in [2.75, 3.05) is 13.1 Å². The van der Waals surface area contributed by atoms with E-state index >= 15 is 0 Å². The summed E-state index contributed by atoms with van der Waals surface area (Å²) in [6.07, 6.45) is 0. The molecule has 0 fully saturated rings. The third-order valence-corrected chi connectivity index (χ3v) is 2.80. The molecule has 1 aromatic rings. The molecule has 90 valence electrons. The van der Waals surface area contributed by atoms with Crippen molar-refractivity contribution >= 4 is 0 Å². The summed E-state index contributed by atoms with van der Waals surface area (Å²) >= 11 is 0. The van der Waals surface area contributed by atoms with E-state index in [4.69, 9.17) is 5.73 Å². The molecule has 1 aromatic carbocycles. The van der Waals surface area contributed by atoms with Gasteiger partial charge in [0.05, 0.1) is 0 Å². The predicted octanol–water partition coefficient (Wildman–Crippen LogP) is 2.62. The van der Waals surface area contributed by atoms with Crippen molar-refractivity contribution in [2.24, 2.45) is 11.7 Å². The molecule has 2 N–H and O–H groups in total. The lowest BCUT2D eigenvalue weighted by atomic mass is 10.1. The Kier molecular flexibility index (Phi) is 5.50. The second-order valence-electron chi connectivity index (χ2n) is 4.69. The van der Waals surface area contributed by atoms with E-state index in [1.165, 1.54) is 11.1 Å². The summed E-state index contributed by atoms with van der Waals surface area (Å²) in [6.45, 7) is 10.6. The zero-order chi connectivity index (χ0) is 12.0. The van der Waals surface area contributed by atoms with Gasteiger partial charge < -0.3 is 5.73 Å². The standard InChI is InChI=1S/C14H24N2/c1-4-16(10-12(2)3)11-14-8-6-5-7-13(14)9-15/h5-8,12H,4,9-11,15H2,1-3H3. The summed E-state index contributed by atoms with van der Waals surface area (Å²) in [5.74, 6) is 0.713. The van der Waals surface area contributed by atoms with Crippen LogP contribution in [0.1, 0.15) is 31.9 Å². The molecule has 16 heavy (non-hydrogen) atoms. The molecule has 0 aliphatic rings. The third-order valence-electron chi connectivity index (χ3n) is 2.80. The molecule has 2 nitrogen and oxygen atoms in total. The van der Waals surface area contributed by atoms with E-state index in [1.807, 2.05) is 0 Å². The number of nitrogens with zero attached hydrogens (tertiary/aromatic N) is 1. The van der Waals surface area contributed by atoms with Crippen LogP contribution < -0.4 is 5.73 Å². The van der Waals surface area contributed by atoms with Crippen molar-refractivity contribution in [1.82, 2.24) is 4.90 Å². The second kappa shape index (κ2) is 6.66. The Balaban J connectivity index is 2.69. The molecule has 0 aromatic heterocycles. The van der Waals surface area contributed by atoms with E-state index in [9.17, 15) is 0 Å². The van der Waals surface area contributed by atoms with Gasteiger partial charge >= 0.3 is 0 Å². The van der Waals surface area contributed by atoms with Crippen LogP contribution in [-0.4, -0.2) is 18.0 Å². The number of benzene rings is 1. The van der Waals surface area contributed by atoms with E-state index in [0.29, 0.717) is 12.5 Å². The minimum absolute atomic E-state index is 0.634. The number of rotatable bonds is 6. The highest BCUT2D eigenvalue weighted by Crippen LogP contribution is 2.12. The first-order valence-electron chi connectivity index (χ1n) is 6.16. The normalized spacial score (nSPS) is 11.4. The summed E-state index contributed by atoms with van der Waals surface area (Å²) in [7, 11) is 0. The minimum Gasteiger partial charge on any atom is -0.326 e. The van der Waals surface area contributed by atoms with Crippen molar-refractivity contribution in [2.45, 2.75) is 33.9 Å². The lowest BCUT2D eigenvalue weighted by Gasteiger charge is -2.23. The van der Waals surface area contributed by atoms with Gasteiger partial charge in [0.1, 0.15) is 0 Å². The van der Waals surface area contributed by atoms with Crippen molar-refractivity contribution in [3.63, 3.8) is 0 Å². The molecule has 0 unspecified atom stereocenters. The fourth-order valence-electron chi connectivity index (χ4n) is 1.97. The Morgan fingerprint density at radius 1 is 1.19 bits per heavy atom. The summed E-state index contributed by atoms with van der Waals surface area (Å²) in [6, 6.07) is 8.46. The first-order valence-corrected chi connectivity index (χ1v) is 6.16. The average Bonchev–Trinajstić information content (AvgIpc) is 2.28. The topological polar surface area (TPSA) is 29.3 Å². The van der Waals surface area contributed by atoms with E-state index in [0.717, 1.165) is 19.6 Å². The van der Waals surface area contributed by atoms with Crippen LogP contribution in [0, 0.1) is 5.92 Å². The van der Waals surface area contributed by atoms with Crippen LogP contribution in [-0.2, 0) is 13.1 Å². The summed E-state index contributed by atoms with van der Waals surface area (Å²) < 4.78 is 0. The van der Waals surface area contributed by atoms with Crippen LogP contribution in [0.15, 0.2) is 24.3 Å². The van der Waals surface area contributed by atoms with E-state index in [-0.39, 0.29) is 0 Å². The molecule has 0 amide bonds. The van der Waals surface area contributed by atoms with Gasteiger partial charge in [-0.15, -0.1) is 0 Å². The molecule has 0 atom stereocenters. The second-order valence-corrected chi connectivity index (χ2v) is 4.69. The molecular formula is C14H24N2. The fourth-order valence-corrected chi connectivity index (χ4v) is 1.97. The largest absolute Gasteiger partial charge is 0.326 e. The van der Waals surface area contributed by atoms with Crippen LogP contribution in [0.5, 0.6) is 0 Å². The highest BCUT2D eigenvalue weighted by molar-refractivity contribution is 5.26.